The average Bonchev–Trinajstić information content (AvgIpc) is 2.76. The van der Waals surface area contributed by atoms with Crippen LogP contribution in [0.25, 0.3) is 12.2 Å². The first-order chi connectivity index (χ1) is 14.6. The third kappa shape index (κ3) is 6.83. The number of aromatic hydroxyl groups is 2. The molecular formula is C24H24N2O4. The van der Waals surface area contributed by atoms with Gasteiger partial charge in [0, 0.05) is 18.5 Å². The van der Waals surface area contributed by atoms with Gasteiger partial charge in [0.25, 0.3) is 0 Å². The lowest BCUT2D eigenvalue weighted by Gasteiger charge is -2.04. The SMILES string of the molecule is C=NO.COc1cc(/C=C/c2ccc(O)c(C=NCc3ccccc3)c2)ccc1O. The molecule has 0 aliphatic carbocycles. The molecule has 0 aromatic heterocycles. The van der Waals surface area contributed by atoms with Gasteiger partial charge in [0.1, 0.15) is 5.75 Å². The monoisotopic (exact) mass is 404 g/mol. The average molecular weight is 404 g/mol. The maximum Gasteiger partial charge on any atom is 0.161 e. The van der Waals surface area contributed by atoms with Gasteiger partial charge < -0.3 is 20.2 Å². The van der Waals surface area contributed by atoms with Crippen molar-refractivity contribution in [1.82, 2.24) is 0 Å². The van der Waals surface area contributed by atoms with Crippen LogP contribution in [-0.4, -0.2) is 35.5 Å². The molecule has 3 N–H and O–H groups in total. The molecule has 0 heterocycles. The second kappa shape index (κ2) is 11.7. The fourth-order valence-electron chi connectivity index (χ4n) is 2.60. The normalized spacial score (nSPS) is 10.6. The number of phenolic OH excluding ortho intramolecular Hbond substituents is 2. The van der Waals surface area contributed by atoms with E-state index < -0.39 is 0 Å². The summed E-state index contributed by atoms with van der Waals surface area (Å²) in [5, 5.41) is 29.1. The summed E-state index contributed by atoms with van der Waals surface area (Å²) in [6, 6.07) is 20.5. The Morgan fingerprint density at radius 2 is 1.50 bits per heavy atom. The molecule has 0 fully saturated rings. The fraction of sp³-hybridized carbons (Fsp3) is 0.0833. The lowest BCUT2D eigenvalue weighted by atomic mass is 10.1. The molecule has 0 radical (unpaired) electrons. The van der Waals surface area contributed by atoms with Crippen molar-refractivity contribution in [3.05, 3.63) is 89.0 Å². The van der Waals surface area contributed by atoms with E-state index in [0.29, 0.717) is 17.9 Å². The number of phenols is 2. The molecule has 0 aliphatic heterocycles. The molecule has 30 heavy (non-hydrogen) atoms. The van der Waals surface area contributed by atoms with Gasteiger partial charge in [0.05, 0.1) is 13.7 Å². The molecule has 0 saturated heterocycles. The van der Waals surface area contributed by atoms with Crippen LogP contribution in [0.1, 0.15) is 22.3 Å². The minimum absolute atomic E-state index is 0.108. The zero-order chi connectivity index (χ0) is 21.8. The largest absolute Gasteiger partial charge is 0.507 e. The highest BCUT2D eigenvalue weighted by atomic mass is 16.5. The Labute approximate surface area is 175 Å². The van der Waals surface area contributed by atoms with Crippen LogP contribution in [-0.2, 0) is 6.54 Å². The third-order valence-electron chi connectivity index (χ3n) is 4.07. The smallest absolute Gasteiger partial charge is 0.161 e. The maximum absolute atomic E-state index is 10.1. The van der Waals surface area contributed by atoms with E-state index in [1.165, 1.54) is 7.11 Å². The van der Waals surface area contributed by atoms with Crippen molar-refractivity contribution < 1.29 is 20.2 Å². The zero-order valence-electron chi connectivity index (χ0n) is 16.6. The van der Waals surface area contributed by atoms with E-state index in [1.807, 2.05) is 54.6 Å². The second-order valence-corrected chi connectivity index (χ2v) is 6.18. The van der Waals surface area contributed by atoms with E-state index in [0.717, 1.165) is 16.7 Å². The van der Waals surface area contributed by atoms with Crippen molar-refractivity contribution in [1.29, 1.82) is 0 Å². The maximum atomic E-state index is 10.1. The van der Waals surface area contributed by atoms with E-state index in [4.69, 9.17) is 9.94 Å². The van der Waals surface area contributed by atoms with E-state index in [9.17, 15) is 10.2 Å². The molecule has 3 rings (SSSR count). The second-order valence-electron chi connectivity index (χ2n) is 6.18. The molecular weight excluding hydrogens is 380 g/mol. The van der Waals surface area contributed by atoms with Crippen molar-refractivity contribution in [2.75, 3.05) is 7.11 Å². The summed E-state index contributed by atoms with van der Waals surface area (Å²) in [4.78, 5) is 4.41. The van der Waals surface area contributed by atoms with Gasteiger partial charge in [0.2, 0.25) is 0 Å². The Kier molecular flexibility index (Phi) is 8.68. The van der Waals surface area contributed by atoms with Crippen LogP contribution < -0.4 is 4.74 Å². The van der Waals surface area contributed by atoms with E-state index >= 15 is 0 Å². The molecule has 0 atom stereocenters. The minimum Gasteiger partial charge on any atom is -0.507 e. The van der Waals surface area contributed by atoms with E-state index in [-0.39, 0.29) is 11.5 Å². The van der Waals surface area contributed by atoms with Gasteiger partial charge in [-0.15, -0.1) is 5.16 Å². The Hall–Kier alpha value is -4.06. The predicted octanol–water partition coefficient (Wildman–Crippen LogP) is 4.97. The Morgan fingerprint density at radius 3 is 2.13 bits per heavy atom. The summed E-state index contributed by atoms with van der Waals surface area (Å²) in [6.45, 7) is 3.23. The van der Waals surface area contributed by atoms with Gasteiger partial charge in [-0.05, 0) is 41.0 Å². The molecule has 6 nitrogen and oxygen atoms in total. The molecule has 0 spiro atoms. The third-order valence-corrected chi connectivity index (χ3v) is 4.07. The van der Waals surface area contributed by atoms with Gasteiger partial charge in [-0.1, -0.05) is 54.6 Å². The van der Waals surface area contributed by atoms with Crippen molar-refractivity contribution >= 4 is 25.1 Å². The van der Waals surface area contributed by atoms with Crippen molar-refractivity contribution in [3.8, 4) is 17.2 Å². The lowest BCUT2D eigenvalue weighted by molar-refractivity contribution is 0.323. The summed E-state index contributed by atoms with van der Waals surface area (Å²) in [5.41, 5.74) is 3.61. The molecule has 0 aliphatic rings. The standard InChI is InChI=1S/C23H21NO3.CH3NO/c1-27-23-14-18(10-12-22(23)26)8-7-17-9-11-21(25)20(13-17)16-24-15-19-5-3-2-4-6-19;1-2-3/h2-14,16,25-26H,15H2,1H3;3H,1H2/b8-7+,24-16?;. The number of ether oxygens (including phenoxy) is 1. The van der Waals surface area contributed by atoms with E-state index in [2.05, 4.69) is 16.9 Å². The van der Waals surface area contributed by atoms with Crippen LogP contribution in [0.4, 0.5) is 0 Å². The fourth-order valence-corrected chi connectivity index (χ4v) is 2.60. The van der Waals surface area contributed by atoms with Gasteiger partial charge in [0.15, 0.2) is 11.5 Å². The number of hydrogen-bond acceptors (Lipinski definition) is 6. The Bertz CT molecular complexity index is 1010. The first-order valence-electron chi connectivity index (χ1n) is 9.09. The number of nitrogens with zero attached hydrogens (tertiary/aromatic N) is 2. The van der Waals surface area contributed by atoms with Crippen LogP contribution in [0.3, 0.4) is 0 Å². The quantitative estimate of drug-likeness (QED) is 0.234. The summed E-state index contributed by atoms with van der Waals surface area (Å²) < 4.78 is 5.12. The highest BCUT2D eigenvalue weighted by Crippen LogP contribution is 2.27. The minimum atomic E-state index is 0.108. The summed E-state index contributed by atoms with van der Waals surface area (Å²) in [7, 11) is 1.52. The molecule has 0 amide bonds. The van der Waals surface area contributed by atoms with Crippen molar-refractivity contribution in [3.63, 3.8) is 0 Å². The lowest BCUT2D eigenvalue weighted by Crippen LogP contribution is -1.87. The highest BCUT2D eigenvalue weighted by Gasteiger charge is 2.02. The first kappa shape index (κ1) is 22.2. The van der Waals surface area contributed by atoms with Crippen LogP contribution >= 0.6 is 0 Å². The topological polar surface area (TPSA) is 94.6 Å². The molecule has 3 aromatic carbocycles. The van der Waals surface area contributed by atoms with Crippen LogP contribution in [0.15, 0.2) is 76.9 Å². The van der Waals surface area contributed by atoms with E-state index in [1.54, 1.807) is 30.5 Å². The number of benzene rings is 3. The molecule has 0 bridgehead atoms. The number of rotatable bonds is 6. The van der Waals surface area contributed by atoms with Gasteiger partial charge in [-0.3, -0.25) is 4.99 Å². The molecule has 3 aromatic rings. The molecule has 6 heteroatoms. The summed E-state index contributed by atoms with van der Waals surface area (Å²) in [6.07, 6.45) is 5.53. The Balaban J connectivity index is 0.00000101. The van der Waals surface area contributed by atoms with Gasteiger partial charge >= 0.3 is 0 Å². The zero-order valence-corrected chi connectivity index (χ0v) is 16.6. The van der Waals surface area contributed by atoms with Gasteiger partial charge in [-0.25, -0.2) is 0 Å². The molecule has 154 valence electrons. The number of hydrogen-bond donors (Lipinski definition) is 3. The molecule has 0 saturated carbocycles. The molecule has 0 unspecified atom stereocenters. The van der Waals surface area contributed by atoms with Crippen molar-refractivity contribution in [2.45, 2.75) is 6.54 Å². The summed E-state index contributed by atoms with van der Waals surface area (Å²) in [5.74, 6) is 0.725. The van der Waals surface area contributed by atoms with Gasteiger partial charge in [-0.2, -0.15) is 0 Å². The Morgan fingerprint density at radius 1 is 0.900 bits per heavy atom. The van der Waals surface area contributed by atoms with Crippen LogP contribution in [0.2, 0.25) is 0 Å². The first-order valence-corrected chi connectivity index (χ1v) is 9.09. The predicted molar refractivity (Wildman–Crippen MR) is 121 cm³/mol. The summed E-state index contributed by atoms with van der Waals surface area (Å²) >= 11 is 0. The van der Waals surface area contributed by atoms with Crippen molar-refractivity contribution in [2.24, 2.45) is 10.1 Å². The number of methoxy groups -OCH3 is 1. The number of aliphatic imine (C=N–C) groups is 1. The van der Waals surface area contributed by atoms with Crippen LogP contribution in [0, 0.1) is 0 Å². The number of oxime groups is 1. The highest BCUT2D eigenvalue weighted by molar-refractivity contribution is 5.85. The van der Waals surface area contributed by atoms with Crippen LogP contribution in [0.5, 0.6) is 17.2 Å².